The Hall–Kier alpha value is -2.03. The maximum atomic E-state index is 11.7. The van der Waals surface area contributed by atoms with Crippen LogP contribution in [0, 0.1) is 5.41 Å². The lowest BCUT2D eigenvalue weighted by Gasteiger charge is -2.17. The van der Waals surface area contributed by atoms with Crippen LogP contribution in [0.15, 0.2) is 42.5 Å². The molecule has 0 aliphatic heterocycles. The summed E-state index contributed by atoms with van der Waals surface area (Å²) < 4.78 is 0. The van der Waals surface area contributed by atoms with Crippen LogP contribution < -0.4 is 10.6 Å². The van der Waals surface area contributed by atoms with Gasteiger partial charge in [0.05, 0.1) is 0 Å². The first kappa shape index (κ1) is 16.3. The molecule has 2 N–H and O–H groups in total. The molecular formula is C19H26N2O. The maximum absolute atomic E-state index is 11.7. The number of hydrogen-bond donors (Lipinski definition) is 2. The first-order valence-electron chi connectivity index (χ1n) is 7.98. The number of carbonyl (C=O) groups excluding carboxylic acids is 1. The quantitative estimate of drug-likeness (QED) is 0.785. The highest BCUT2D eigenvalue weighted by Gasteiger charge is 2.19. The maximum Gasteiger partial charge on any atom is 0.225 e. The number of benzene rings is 2. The van der Waals surface area contributed by atoms with Crippen LogP contribution in [-0.2, 0) is 4.79 Å². The minimum absolute atomic E-state index is 0.120. The van der Waals surface area contributed by atoms with E-state index in [4.69, 9.17) is 0 Å². The molecule has 0 heterocycles. The van der Waals surface area contributed by atoms with Crippen LogP contribution >= 0.6 is 0 Å². The molecular weight excluding hydrogens is 272 g/mol. The van der Waals surface area contributed by atoms with E-state index in [1.54, 1.807) is 0 Å². The zero-order valence-electron chi connectivity index (χ0n) is 13.8. The van der Waals surface area contributed by atoms with Crippen LogP contribution in [0.25, 0.3) is 10.8 Å². The highest BCUT2D eigenvalue weighted by Crippen LogP contribution is 2.22. The van der Waals surface area contributed by atoms with E-state index in [1.807, 2.05) is 20.8 Å². The summed E-state index contributed by atoms with van der Waals surface area (Å²) in [7, 11) is 0. The first-order valence-corrected chi connectivity index (χ1v) is 7.98. The Morgan fingerprint density at radius 3 is 2.41 bits per heavy atom. The molecule has 0 saturated carbocycles. The fourth-order valence-corrected chi connectivity index (χ4v) is 2.32. The third-order valence-electron chi connectivity index (χ3n) is 3.68. The van der Waals surface area contributed by atoms with Gasteiger partial charge in [-0.15, -0.1) is 0 Å². The summed E-state index contributed by atoms with van der Waals surface area (Å²) in [6.45, 7) is 7.46. The van der Waals surface area contributed by atoms with Gasteiger partial charge < -0.3 is 10.6 Å². The molecule has 0 fully saturated rings. The van der Waals surface area contributed by atoms with Crippen LogP contribution in [0.1, 0.15) is 33.6 Å². The molecule has 0 aliphatic rings. The van der Waals surface area contributed by atoms with Gasteiger partial charge in [-0.1, -0.05) is 57.2 Å². The number of unbranched alkanes of at least 4 members (excludes halogenated alkanes) is 1. The van der Waals surface area contributed by atoms with Crippen molar-refractivity contribution in [2.45, 2.75) is 33.6 Å². The van der Waals surface area contributed by atoms with Crippen molar-refractivity contribution < 1.29 is 4.79 Å². The molecule has 3 heteroatoms. The van der Waals surface area contributed by atoms with Gasteiger partial charge >= 0.3 is 0 Å². The molecule has 0 spiro atoms. The smallest absolute Gasteiger partial charge is 0.225 e. The van der Waals surface area contributed by atoms with E-state index in [1.165, 1.54) is 16.5 Å². The fourth-order valence-electron chi connectivity index (χ4n) is 2.32. The summed E-state index contributed by atoms with van der Waals surface area (Å²) in [5.74, 6) is 0.120. The lowest BCUT2D eigenvalue weighted by atomic mass is 9.96. The molecule has 2 rings (SSSR count). The largest absolute Gasteiger partial charge is 0.385 e. The number of amides is 1. The highest BCUT2D eigenvalue weighted by atomic mass is 16.2. The van der Waals surface area contributed by atoms with E-state index in [2.05, 4.69) is 53.1 Å². The van der Waals surface area contributed by atoms with Crippen LogP contribution in [-0.4, -0.2) is 19.0 Å². The van der Waals surface area contributed by atoms with Crippen molar-refractivity contribution in [2.75, 3.05) is 18.4 Å². The zero-order valence-corrected chi connectivity index (χ0v) is 13.8. The molecule has 1 amide bonds. The molecule has 22 heavy (non-hydrogen) atoms. The van der Waals surface area contributed by atoms with Crippen LogP contribution in [0.2, 0.25) is 0 Å². The second kappa shape index (κ2) is 7.30. The molecule has 0 saturated heterocycles. The van der Waals surface area contributed by atoms with Crippen molar-refractivity contribution in [1.29, 1.82) is 0 Å². The van der Waals surface area contributed by atoms with Crippen molar-refractivity contribution in [3.63, 3.8) is 0 Å². The lowest BCUT2D eigenvalue weighted by molar-refractivity contribution is -0.128. The van der Waals surface area contributed by atoms with Crippen LogP contribution in [0.5, 0.6) is 0 Å². The van der Waals surface area contributed by atoms with E-state index in [0.717, 1.165) is 25.9 Å². The fraction of sp³-hybridized carbons (Fsp3) is 0.421. The van der Waals surface area contributed by atoms with Gasteiger partial charge in [0.1, 0.15) is 0 Å². The van der Waals surface area contributed by atoms with Gasteiger partial charge in [-0.2, -0.15) is 0 Å². The molecule has 2 aromatic carbocycles. The van der Waals surface area contributed by atoms with E-state index < -0.39 is 0 Å². The summed E-state index contributed by atoms with van der Waals surface area (Å²) in [5, 5.41) is 8.99. The Labute approximate surface area is 133 Å². The van der Waals surface area contributed by atoms with Gasteiger partial charge in [-0.3, -0.25) is 4.79 Å². The Bertz CT molecular complexity index is 623. The van der Waals surface area contributed by atoms with Crippen LogP contribution in [0.3, 0.4) is 0 Å². The summed E-state index contributed by atoms with van der Waals surface area (Å²) >= 11 is 0. The highest BCUT2D eigenvalue weighted by molar-refractivity contribution is 5.93. The summed E-state index contributed by atoms with van der Waals surface area (Å²) in [5.41, 5.74) is 0.873. The molecule has 0 radical (unpaired) electrons. The van der Waals surface area contributed by atoms with E-state index in [0.29, 0.717) is 0 Å². The van der Waals surface area contributed by atoms with E-state index in [9.17, 15) is 4.79 Å². The molecule has 3 nitrogen and oxygen atoms in total. The zero-order chi connectivity index (χ0) is 16.0. The van der Waals surface area contributed by atoms with Crippen LogP contribution in [0.4, 0.5) is 5.69 Å². The second-order valence-corrected chi connectivity index (χ2v) is 6.67. The van der Waals surface area contributed by atoms with Gasteiger partial charge in [0.15, 0.2) is 0 Å². The molecule has 0 aromatic heterocycles. The summed E-state index contributed by atoms with van der Waals surface area (Å²) in [6, 6.07) is 14.7. The average Bonchev–Trinajstić information content (AvgIpc) is 2.49. The Kier molecular flexibility index (Phi) is 5.42. The number of anilines is 1. The number of hydrogen-bond acceptors (Lipinski definition) is 2. The normalized spacial score (nSPS) is 11.4. The standard InChI is InChI=1S/C19H26N2O/c1-19(2,3)18(22)21-14-7-6-13-20-17-12-8-10-15-9-4-5-11-16(15)17/h4-5,8-12,20H,6-7,13-14H2,1-3H3,(H,21,22). The first-order chi connectivity index (χ1) is 10.5. The molecule has 118 valence electrons. The molecule has 0 unspecified atom stereocenters. The monoisotopic (exact) mass is 298 g/mol. The number of fused-ring (bicyclic) bond motifs is 1. The Balaban J connectivity index is 1.74. The SMILES string of the molecule is CC(C)(C)C(=O)NCCCCNc1cccc2ccccc12. The lowest BCUT2D eigenvalue weighted by Crippen LogP contribution is -2.35. The minimum Gasteiger partial charge on any atom is -0.385 e. The van der Waals surface area contributed by atoms with Crippen molar-refractivity contribution in [3.05, 3.63) is 42.5 Å². The topological polar surface area (TPSA) is 41.1 Å². The minimum atomic E-state index is -0.304. The molecule has 0 aliphatic carbocycles. The predicted molar refractivity (Wildman–Crippen MR) is 94.1 cm³/mol. The number of rotatable bonds is 6. The summed E-state index contributed by atoms with van der Waals surface area (Å²) in [4.78, 5) is 11.7. The van der Waals surface area contributed by atoms with Crippen molar-refractivity contribution in [3.8, 4) is 0 Å². The van der Waals surface area contributed by atoms with Crippen molar-refractivity contribution in [2.24, 2.45) is 5.41 Å². The number of nitrogens with one attached hydrogen (secondary N) is 2. The summed E-state index contributed by atoms with van der Waals surface area (Å²) in [6.07, 6.45) is 2.02. The van der Waals surface area contributed by atoms with Crippen molar-refractivity contribution in [1.82, 2.24) is 5.32 Å². The van der Waals surface area contributed by atoms with E-state index >= 15 is 0 Å². The Morgan fingerprint density at radius 1 is 0.955 bits per heavy atom. The third-order valence-corrected chi connectivity index (χ3v) is 3.68. The van der Waals surface area contributed by atoms with E-state index in [-0.39, 0.29) is 11.3 Å². The van der Waals surface area contributed by atoms with Gasteiger partial charge in [0, 0.05) is 29.6 Å². The second-order valence-electron chi connectivity index (χ2n) is 6.67. The van der Waals surface area contributed by atoms with Gasteiger partial charge in [-0.25, -0.2) is 0 Å². The molecule has 2 aromatic rings. The molecule has 0 atom stereocenters. The molecule has 0 bridgehead atoms. The van der Waals surface area contributed by atoms with Gasteiger partial charge in [-0.05, 0) is 24.3 Å². The van der Waals surface area contributed by atoms with Gasteiger partial charge in [0.2, 0.25) is 5.91 Å². The van der Waals surface area contributed by atoms with Crippen molar-refractivity contribution >= 4 is 22.4 Å². The predicted octanol–water partition coefficient (Wildman–Crippen LogP) is 4.19. The van der Waals surface area contributed by atoms with Gasteiger partial charge in [0.25, 0.3) is 0 Å². The Morgan fingerprint density at radius 2 is 1.64 bits per heavy atom. The third kappa shape index (κ3) is 4.48. The average molecular weight is 298 g/mol. The number of carbonyl (C=O) groups is 1.